The molecule has 2 rings (SSSR count). The van der Waals surface area contributed by atoms with Gasteiger partial charge in [-0.15, -0.1) is 0 Å². The molecule has 2 aromatic carbocycles. The third-order valence-corrected chi connectivity index (χ3v) is 3.53. The molecule has 0 aromatic heterocycles. The highest BCUT2D eigenvalue weighted by Gasteiger charge is 2.08. The zero-order valence-electron chi connectivity index (χ0n) is 15.2. The third kappa shape index (κ3) is 5.71. The van der Waals surface area contributed by atoms with E-state index in [4.69, 9.17) is 9.47 Å². The van der Waals surface area contributed by atoms with Crippen LogP contribution in [0.25, 0.3) is 11.1 Å². The van der Waals surface area contributed by atoms with Crippen molar-refractivity contribution in [3.05, 3.63) is 85.4 Å². The fourth-order valence-electron chi connectivity index (χ4n) is 2.18. The number of carbonyl (C=O) groups is 2. The quantitative estimate of drug-likeness (QED) is 0.308. The molecule has 0 N–H and O–H groups in total. The van der Waals surface area contributed by atoms with Gasteiger partial charge in [-0.2, -0.15) is 0 Å². The number of aryl methyl sites for hydroxylation is 1. The predicted molar refractivity (Wildman–Crippen MR) is 103 cm³/mol. The molecule has 0 saturated carbocycles. The maximum atomic E-state index is 11.6. The minimum Gasteiger partial charge on any atom is -0.462 e. The molecule has 2 aromatic rings. The van der Waals surface area contributed by atoms with Gasteiger partial charge < -0.3 is 14.2 Å². The summed E-state index contributed by atoms with van der Waals surface area (Å²) in [5.41, 5.74) is 3.30. The number of hydrogen-bond acceptors (Lipinski definition) is 5. The van der Waals surface area contributed by atoms with Gasteiger partial charge in [0.15, 0.2) is 0 Å². The van der Waals surface area contributed by atoms with Gasteiger partial charge in [-0.3, -0.25) is 0 Å². The first-order chi connectivity index (χ1) is 12.9. The normalized spacial score (nSPS) is 10.3. The largest absolute Gasteiger partial charge is 0.462 e. The Hall–Kier alpha value is -3.60. The molecule has 27 heavy (non-hydrogen) atoms. The van der Waals surface area contributed by atoms with E-state index in [9.17, 15) is 9.59 Å². The molecule has 0 unspecified atom stereocenters. The first-order valence-electron chi connectivity index (χ1n) is 8.14. The molecule has 0 atom stereocenters. The van der Waals surface area contributed by atoms with E-state index in [0.29, 0.717) is 17.1 Å². The maximum Gasteiger partial charge on any atom is 0.338 e. The van der Waals surface area contributed by atoms with Crippen LogP contribution >= 0.6 is 0 Å². The van der Waals surface area contributed by atoms with Crippen LogP contribution in [0.3, 0.4) is 0 Å². The Morgan fingerprint density at radius 3 is 2.26 bits per heavy atom. The standard InChI is InChI=1S/C22H20O5/c1-5-21(23)26-13-12-25-18-8-6-17(7-9-18)20-11-10-19(14-16(20)4)27-22(24)15(2)3/h5-14H,1-2H2,3-4H3/b13-12-. The molecular weight excluding hydrogens is 344 g/mol. The molecular formula is C22H20O5. The number of benzene rings is 2. The molecule has 5 heteroatoms. The van der Waals surface area contributed by atoms with Gasteiger partial charge in [0.2, 0.25) is 0 Å². The van der Waals surface area contributed by atoms with E-state index >= 15 is 0 Å². The minimum atomic E-state index is -0.557. The fourth-order valence-corrected chi connectivity index (χ4v) is 2.18. The van der Waals surface area contributed by atoms with E-state index in [-0.39, 0.29) is 0 Å². The number of rotatable bonds is 7. The zero-order valence-corrected chi connectivity index (χ0v) is 15.2. The fraction of sp³-hybridized carbons (Fsp3) is 0.0909. The molecule has 0 fully saturated rings. The van der Waals surface area contributed by atoms with Gasteiger partial charge in [-0.05, 0) is 54.8 Å². The van der Waals surface area contributed by atoms with E-state index in [2.05, 4.69) is 17.9 Å². The Labute approximate surface area is 158 Å². The highest BCUT2D eigenvalue weighted by molar-refractivity contribution is 5.89. The molecule has 0 saturated heterocycles. The minimum absolute atomic E-state index is 0.348. The lowest BCUT2D eigenvalue weighted by molar-refractivity contribution is -0.132. The summed E-state index contributed by atoms with van der Waals surface area (Å²) in [5.74, 6) is 0.0613. The van der Waals surface area contributed by atoms with E-state index in [1.54, 1.807) is 31.2 Å². The summed E-state index contributed by atoms with van der Waals surface area (Å²) in [6.45, 7) is 10.4. The molecule has 0 aliphatic carbocycles. The van der Waals surface area contributed by atoms with E-state index in [1.165, 1.54) is 6.26 Å². The van der Waals surface area contributed by atoms with Crippen molar-refractivity contribution < 1.29 is 23.8 Å². The number of hydrogen-bond donors (Lipinski definition) is 0. The van der Waals surface area contributed by atoms with Crippen molar-refractivity contribution in [1.29, 1.82) is 0 Å². The molecule has 0 aliphatic rings. The van der Waals surface area contributed by atoms with Crippen molar-refractivity contribution in [2.45, 2.75) is 13.8 Å². The van der Waals surface area contributed by atoms with Gasteiger partial charge in [0.05, 0.1) is 0 Å². The Morgan fingerprint density at radius 1 is 1.00 bits per heavy atom. The van der Waals surface area contributed by atoms with Crippen LogP contribution in [-0.2, 0) is 14.3 Å². The summed E-state index contributed by atoms with van der Waals surface area (Å²) in [6, 6.07) is 12.8. The van der Waals surface area contributed by atoms with Gasteiger partial charge in [-0.25, -0.2) is 9.59 Å². The molecule has 0 amide bonds. The van der Waals surface area contributed by atoms with Crippen LogP contribution in [0.4, 0.5) is 0 Å². The van der Waals surface area contributed by atoms with E-state index < -0.39 is 11.9 Å². The number of esters is 2. The monoisotopic (exact) mass is 364 g/mol. The average Bonchev–Trinajstić information content (AvgIpc) is 2.65. The molecule has 0 aliphatic heterocycles. The first-order valence-corrected chi connectivity index (χ1v) is 8.14. The Morgan fingerprint density at radius 2 is 1.67 bits per heavy atom. The highest BCUT2D eigenvalue weighted by atomic mass is 16.5. The van der Waals surface area contributed by atoms with Crippen LogP contribution in [0.2, 0.25) is 0 Å². The van der Waals surface area contributed by atoms with Gasteiger partial charge in [0.1, 0.15) is 24.0 Å². The summed E-state index contributed by atoms with van der Waals surface area (Å²) in [4.78, 5) is 22.5. The number of ether oxygens (including phenoxy) is 3. The third-order valence-electron chi connectivity index (χ3n) is 3.53. The van der Waals surface area contributed by atoms with Crippen LogP contribution in [0.1, 0.15) is 12.5 Å². The highest BCUT2D eigenvalue weighted by Crippen LogP contribution is 2.28. The van der Waals surface area contributed by atoms with Crippen LogP contribution in [0, 0.1) is 6.92 Å². The second-order valence-electron chi connectivity index (χ2n) is 5.70. The lowest BCUT2D eigenvalue weighted by atomic mass is 10.0. The summed E-state index contributed by atoms with van der Waals surface area (Å²) < 4.78 is 15.3. The van der Waals surface area contributed by atoms with Gasteiger partial charge >= 0.3 is 11.9 Å². The molecule has 0 bridgehead atoms. The molecule has 0 heterocycles. The Balaban J connectivity index is 2.06. The lowest BCUT2D eigenvalue weighted by Crippen LogP contribution is -2.08. The maximum absolute atomic E-state index is 11.6. The second-order valence-corrected chi connectivity index (χ2v) is 5.70. The van der Waals surface area contributed by atoms with Gasteiger partial charge in [0.25, 0.3) is 0 Å². The van der Waals surface area contributed by atoms with E-state index in [1.807, 2.05) is 25.1 Å². The number of carbonyl (C=O) groups excluding carboxylic acids is 2. The van der Waals surface area contributed by atoms with Crippen molar-refractivity contribution in [3.8, 4) is 22.6 Å². The summed E-state index contributed by atoms with van der Waals surface area (Å²) in [7, 11) is 0. The van der Waals surface area contributed by atoms with Crippen molar-refractivity contribution in [1.82, 2.24) is 0 Å². The van der Waals surface area contributed by atoms with Gasteiger partial charge in [-0.1, -0.05) is 31.4 Å². The van der Waals surface area contributed by atoms with Crippen molar-refractivity contribution in [2.75, 3.05) is 0 Å². The van der Waals surface area contributed by atoms with Crippen LogP contribution < -0.4 is 9.47 Å². The van der Waals surface area contributed by atoms with Crippen molar-refractivity contribution in [3.63, 3.8) is 0 Å². The van der Waals surface area contributed by atoms with Crippen LogP contribution in [0.15, 0.2) is 79.8 Å². The Kier molecular flexibility index (Phi) is 6.72. The summed E-state index contributed by atoms with van der Waals surface area (Å²) in [5, 5.41) is 0. The van der Waals surface area contributed by atoms with Crippen molar-refractivity contribution in [2.24, 2.45) is 0 Å². The van der Waals surface area contributed by atoms with Gasteiger partial charge in [0, 0.05) is 11.6 Å². The van der Waals surface area contributed by atoms with E-state index in [0.717, 1.165) is 29.0 Å². The SMILES string of the molecule is C=CC(=O)O/C=C\Oc1ccc(-c2ccc(OC(=O)C(=C)C)cc2C)cc1. The molecule has 0 radical (unpaired) electrons. The van der Waals surface area contributed by atoms with Crippen molar-refractivity contribution >= 4 is 11.9 Å². The van der Waals surface area contributed by atoms with Crippen LogP contribution in [0.5, 0.6) is 11.5 Å². The first kappa shape index (κ1) is 19.7. The topological polar surface area (TPSA) is 61.8 Å². The molecule has 5 nitrogen and oxygen atoms in total. The summed E-state index contributed by atoms with van der Waals surface area (Å²) >= 11 is 0. The zero-order chi connectivity index (χ0) is 19.8. The lowest BCUT2D eigenvalue weighted by Gasteiger charge is -2.10. The second kappa shape index (κ2) is 9.20. The summed E-state index contributed by atoms with van der Waals surface area (Å²) in [6.07, 6.45) is 3.48. The molecule has 138 valence electrons. The smallest absolute Gasteiger partial charge is 0.338 e. The Bertz CT molecular complexity index is 891. The predicted octanol–water partition coefficient (Wildman–Crippen LogP) is 4.72. The molecule has 0 spiro atoms. The average molecular weight is 364 g/mol. The van der Waals surface area contributed by atoms with Crippen LogP contribution in [-0.4, -0.2) is 11.9 Å².